The Morgan fingerprint density at radius 2 is 1.87 bits per heavy atom. The van der Waals surface area contributed by atoms with Crippen LogP contribution in [0.3, 0.4) is 0 Å². The molecule has 0 unspecified atom stereocenters. The summed E-state index contributed by atoms with van der Waals surface area (Å²) in [5.74, 6) is 0.406. The minimum absolute atomic E-state index is 0.134. The summed E-state index contributed by atoms with van der Waals surface area (Å²) in [6.07, 6.45) is 3.36. The van der Waals surface area contributed by atoms with Crippen LogP contribution in [0.15, 0.2) is 24.3 Å². The van der Waals surface area contributed by atoms with Crippen LogP contribution in [0.25, 0.3) is 0 Å². The lowest BCUT2D eigenvalue weighted by molar-refractivity contribution is -0.118. The Balaban J connectivity index is 1.45. The highest BCUT2D eigenvalue weighted by atomic mass is 16.1. The molecule has 0 aliphatic carbocycles. The van der Waals surface area contributed by atoms with Crippen molar-refractivity contribution in [2.75, 3.05) is 26.2 Å². The number of Topliss-reactive ketones (excluding diaryl/α,β-unsaturated/α-hetero) is 2. The number of rotatable bonds is 7. The molecule has 0 N–H and O–H groups in total. The molecule has 2 aliphatic heterocycles. The number of aryl methyl sites for hydroxylation is 1. The molecule has 2 atom stereocenters. The van der Waals surface area contributed by atoms with Crippen molar-refractivity contribution in [1.29, 1.82) is 0 Å². The van der Waals surface area contributed by atoms with Crippen molar-refractivity contribution in [1.82, 2.24) is 9.80 Å². The van der Waals surface area contributed by atoms with E-state index in [-0.39, 0.29) is 11.6 Å². The maximum Gasteiger partial charge on any atom is 0.159 e. The number of piperazine rings is 1. The number of likely N-dealkylation sites (tertiary alicyclic amines) is 2. The van der Waals surface area contributed by atoms with Crippen molar-refractivity contribution in [3.8, 4) is 0 Å². The third-order valence-corrected chi connectivity index (χ3v) is 5.14. The number of nitrogens with zero attached hydrogens (tertiary/aromatic N) is 2. The molecule has 0 spiro atoms. The predicted octanol–water partition coefficient (Wildman–Crippen LogP) is 2.17. The van der Waals surface area contributed by atoms with Gasteiger partial charge in [-0.25, -0.2) is 0 Å². The molecular formula is C19H26N2O2. The van der Waals surface area contributed by atoms with E-state index < -0.39 is 0 Å². The lowest BCUT2D eigenvalue weighted by atomic mass is 10.0. The van der Waals surface area contributed by atoms with Crippen LogP contribution in [0, 0.1) is 0 Å². The first-order valence-electron chi connectivity index (χ1n) is 8.60. The molecule has 1 aromatic rings. The van der Waals surface area contributed by atoms with Crippen molar-refractivity contribution in [3.05, 3.63) is 35.4 Å². The Labute approximate surface area is 138 Å². The summed E-state index contributed by atoms with van der Waals surface area (Å²) in [7, 11) is 0. The Hall–Kier alpha value is -1.52. The van der Waals surface area contributed by atoms with Gasteiger partial charge in [0.05, 0.1) is 6.54 Å². The van der Waals surface area contributed by atoms with E-state index >= 15 is 0 Å². The van der Waals surface area contributed by atoms with Crippen LogP contribution in [0.4, 0.5) is 0 Å². The van der Waals surface area contributed by atoms with Gasteiger partial charge in [-0.1, -0.05) is 18.2 Å². The highest BCUT2D eigenvalue weighted by Crippen LogP contribution is 2.30. The zero-order chi connectivity index (χ0) is 16.4. The topological polar surface area (TPSA) is 40.6 Å². The molecule has 2 fully saturated rings. The van der Waals surface area contributed by atoms with Crippen LogP contribution in [0.5, 0.6) is 0 Å². The smallest absolute Gasteiger partial charge is 0.159 e. The molecule has 2 bridgehead atoms. The van der Waals surface area contributed by atoms with E-state index in [0.29, 0.717) is 18.6 Å². The van der Waals surface area contributed by atoms with E-state index in [4.69, 9.17) is 0 Å². The highest BCUT2D eigenvalue weighted by Gasteiger charge is 2.42. The quantitative estimate of drug-likeness (QED) is 0.723. The predicted molar refractivity (Wildman–Crippen MR) is 90.8 cm³/mol. The largest absolute Gasteiger partial charge is 0.299 e. The molecule has 124 valence electrons. The van der Waals surface area contributed by atoms with Gasteiger partial charge >= 0.3 is 0 Å². The maximum absolute atomic E-state index is 11.4. The molecule has 0 amide bonds. The molecular weight excluding hydrogens is 288 g/mol. The molecule has 2 heterocycles. The fraction of sp³-hybridized carbons (Fsp3) is 0.579. The van der Waals surface area contributed by atoms with Gasteiger partial charge in [-0.05, 0) is 51.3 Å². The van der Waals surface area contributed by atoms with Gasteiger partial charge in [-0.2, -0.15) is 0 Å². The van der Waals surface area contributed by atoms with Gasteiger partial charge < -0.3 is 0 Å². The summed E-state index contributed by atoms with van der Waals surface area (Å²) >= 11 is 0. The standard InChI is InChI=1S/C19H26N2O2/c1-14(22)11-21-13-18-10-19(21)12-20(18)8-4-6-16-5-3-7-17(9-16)15(2)23/h3,5,7,9,18-19H,4,6,8,10-13H2,1-2H3/t18-,19-/m0/s1. The van der Waals surface area contributed by atoms with E-state index in [0.717, 1.165) is 38.0 Å². The third kappa shape index (κ3) is 3.88. The summed E-state index contributed by atoms with van der Waals surface area (Å²) in [6, 6.07) is 9.19. The Morgan fingerprint density at radius 3 is 2.52 bits per heavy atom. The van der Waals surface area contributed by atoms with Gasteiger partial charge in [-0.15, -0.1) is 0 Å². The van der Waals surface area contributed by atoms with Gasteiger partial charge in [0.2, 0.25) is 0 Å². The van der Waals surface area contributed by atoms with Crippen molar-refractivity contribution < 1.29 is 9.59 Å². The zero-order valence-electron chi connectivity index (χ0n) is 14.1. The first-order chi connectivity index (χ1) is 11.0. The summed E-state index contributed by atoms with van der Waals surface area (Å²) in [5, 5.41) is 0. The number of fused-ring (bicyclic) bond motifs is 2. The van der Waals surface area contributed by atoms with Crippen LogP contribution < -0.4 is 0 Å². The first-order valence-corrected chi connectivity index (χ1v) is 8.60. The molecule has 4 nitrogen and oxygen atoms in total. The Morgan fingerprint density at radius 1 is 1.13 bits per heavy atom. The second-order valence-corrected chi connectivity index (χ2v) is 7.03. The number of hydrogen-bond acceptors (Lipinski definition) is 4. The van der Waals surface area contributed by atoms with Crippen molar-refractivity contribution in [2.45, 2.75) is 45.2 Å². The van der Waals surface area contributed by atoms with Gasteiger partial charge in [0.25, 0.3) is 0 Å². The highest BCUT2D eigenvalue weighted by molar-refractivity contribution is 5.94. The average molecular weight is 314 g/mol. The fourth-order valence-corrected chi connectivity index (χ4v) is 4.02. The fourth-order valence-electron chi connectivity index (χ4n) is 4.02. The Kier molecular flexibility index (Phi) is 4.93. The third-order valence-electron chi connectivity index (χ3n) is 5.14. The van der Waals surface area contributed by atoms with E-state index in [1.807, 2.05) is 18.2 Å². The summed E-state index contributed by atoms with van der Waals surface area (Å²) in [6.45, 7) is 7.17. The monoisotopic (exact) mass is 314 g/mol. The molecule has 2 aliphatic rings. The van der Waals surface area contributed by atoms with Crippen LogP contribution in [0.2, 0.25) is 0 Å². The molecule has 1 aromatic carbocycles. The molecule has 0 aromatic heterocycles. The molecule has 0 saturated carbocycles. The van der Waals surface area contributed by atoms with E-state index in [1.165, 1.54) is 12.0 Å². The summed E-state index contributed by atoms with van der Waals surface area (Å²) in [5.41, 5.74) is 2.06. The second kappa shape index (κ2) is 6.93. The van der Waals surface area contributed by atoms with Gasteiger partial charge in [0.1, 0.15) is 5.78 Å². The minimum atomic E-state index is 0.134. The molecule has 23 heavy (non-hydrogen) atoms. The van der Waals surface area contributed by atoms with Crippen molar-refractivity contribution in [2.24, 2.45) is 0 Å². The maximum atomic E-state index is 11.4. The minimum Gasteiger partial charge on any atom is -0.299 e. The van der Waals surface area contributed by atoms with E-state index in [9.17, 15) is 9.59 Å². The van der Waals surface area contributed by atoms with E-state index in [1.54, 1.807) is 13.8 Å². The zero-order valence-corrected chi connectivity index (χ0v) is 14.1. The normalized spacial score (nSPS) is 24.3. The van der Waals surface area contributed by atoms with Crippen LogP contribution in [-0.4, -0.2) is 59.6 Å². The van der Waals surface area contributed by atoms with E-state index in [2.05, 4.69) is 15.9 Å². The number of carbonyl (C=O) groups is 2. The molecule has 4 heteroatoms. The number of hydrogen-bond donors (Lipinski definition) is 0. The second-order valence-electron chi connectivity index (χ2n) is 7.03. The van der Waals surface area contributed by atoms with Gasteiger partial charge in [-0.3, -0.25) is 19.4 Å². The summed E-state index contributed by atoms with van der Waals surface area (Å²) in [4.78, 5) is 27.6. The Bertz CT molecular complexity index is 599. The van der Waals surface area contributed by atoms with Crippen LogP contribution in [0.1, 0.15) is 42.6 Å². The van der Waals surface area contributed by atoms with Crippen molar-refractivity contribution >= 4 is 11.6 Å². The molecule has 2 saturated heterocycles. The lowest BCUT2D eigenvalue weighted by Gasteiger charge is -2.33. The average Bonchev–Trinajstić information content (AvgIpc) is 3.06. The van der Waals surface area contributed by atoms with Crippen LogP contribution in [-0.2, 0) is 11.2 Å². The number of ketones is 2. The number of carbonyl (C=O) groups excluding carboxylic acids is 2. The first kappa shape index (κ1) is 16.3. The van der Waals surface area contributed by atoms with Crippen molar-refractivity contribution in [3.63, 3.8) is 0 Å². The SMILES string of the molecule is CC(=O)CN1C[C@@H]2C[C@H]1CN2CCCc1cccc(C(C)=O)c1. The lowest BCUT2D eigenvalue weighted by Crippen LogP contribution is -2.47. The molecule has 3 rings (SSSR count). The molecule has 0 radical (unpaired) electrons. The van der Waals surface area contributed by atoms with Gasteiger partial charge in [0.15, 0.2) is 5.78 Å². The van der Waals surface area contributed by atoms with Crippen LogP contribution >= 0.6 is 0 Å². The number of benzene rings is 1. The van der Waals surface area contributed by atoms with Gasteiger partial charge in [0, 0.05) is 30.7 Å². The summed E-state index contributed by atoms with van der Waals surface area (Å²) < 4.78 is 0.